The van der Waals surface area contributed by atoms with Crippen molar-refractivity contribution in [2.45, 2.75) is 24.6 Å². The molecule has 1 aliphatic heterocycles. The molecule has 2 aromatic carbocycles. The van der Waals surface area contributed by atoms with Crippen molar-refractivity contribution < 1.29 is 27.1 Å². The Balaban J connectivity index is 1.62. The fourth-order valence-electron chi connectivity index (χ4n) is 3.98. The van der Waals surface area contributed by atoms with Crippen molar-refractivity contribution in [3.05, 3.63) is 70.5 Å². The molecule has 1 amide bonds. The summed E-state index contributed by atoms with van der Waals surface area (Å²) in [6.07, 6.45) is -3.31. The first kappa shape index (κ1) is 18.0. The number of rotatable bonds is 1. The number of hydrogen-bond donors (Lipinski definition) is 0. The minimum atomic E-state index is -4.85. The number of carbonyl (C=O) groups is 1. The van der Waals surface area contributed by atoms with Gasteiger partial charge in [-0.05, 0) is 42.2 Å². The summed E-state index contributed by atoms with van der Waals surface area (Å²) in [5.41, 5.74) is -0.0441. The molecule has 1 unspecified atom stereocenters. The number of benzene rings is 2. The maximum atomic E-state index is 13.5. The quantitative estimate of drug-likeness (QED) is 0.697. The van der Waals surface area contributed by atoms with Crippen molar-refractivity contribution in [1.29, 1.82) is 0 Å². The molecule has 1 fully saturated rings. The van der Waals surface area contributed by atoms with E-state index in [1.807, 2.05) is 24.3 Å². The standard InChI is InChI=1S/C20H17F4NO2/c21-17-6-5-14(11-16(17)20(22,23)24)18(26)25-9-10-27-19(12-25)8-7-13-3-1-2-4-15(13)19/h1-6,11H,7-10,12H2. The summed E-state index contributed by atoms with van der Waals surface area (Å²) in [5.74, 6) is -1.94. The van der Waals surface area contributed by atoms with Gasteiger partial charge in [0.1, 0.15) is 11.4 Å². The van der Waals surface area contributed by atoms with E-state index in [-0.39, 0.29) is 18.7 Å². The summed E-state index contributed by atoms with van der Waals surface area (Å²) in [7, 11) is 0. The number of fused-ring (bicyclic) bond motifs is 2. The molecule has 0 bridgehead atoms. The maximum absolute atomic E-state index is 13.5. The Morgan fingerprint density at radius 1 is 1.15 bits per heavy atom. The molecule has 0 saturated carbocycles. The lowest BCUT2D eigenvalue weighted by Crippen LogP contribution is -2.51. The Morgan fingerprint density at radius 3 is 2.70 bits per heavy atom. The molecule has 27 heavy (non-hydrogen) atoms. The van der Waals surface area contributed by atoms with Crippen molar-refractivity contribution in [2.24, 2.45) is 0 Å². The minimum absolute atomic E-state index is 0.174. The van der Waals surface area contributed by atoms with Crippen LogP contribution in [-0.2, 0) is 22.9 Å². The molecule has 1 atom stereocenters. The zero-order chi connectivity index (χ0) is 19.2. The summed E-state index contributed by atoms with van der Waals surface area (Å²) in [5, 5.41) is 0. The summed E-state index contributed by atoms with van der Waals surface area (Å²) < 4.78 is 58.4. The van der Waals surface area contributed by atoms with Crippen molar-refractivity contribution in [3.63, 3.8) is 0 Å². The normalized spacial score (nSPS) is 22.1. The van der Waals surface area contributed by atoms with Gasteiger partial charge in [-0.2, -0.15) is 13.2 Å². The van der Waals surface area contributed by atoms with Gasteiger partial charge in [-0.15, -0.1) is 0 Å². The zero-order valence-corrected chi connectivity index (χ0v) is 14.4. The van der Waals surface area contributed by atoms with Crippen LogP contribution < -0.4 is 0 Å². The van der Waals surface area contributed by atoms with Crippen molar-refractivity contribution in [3.8, 4) is 0 Å². The van der Waals surface area contributed by atoms with Crippen LogP contribution in [0.1, 0.15) is 33.5 Å². The van der Waals surface area contributed by atoms with Crippen LogP contribution in [0.5, 0.6) is 0 Å². The van der Waals surface area contributed by atoms with Gasteiger partial charge in [0, 0.05) is 12.1 Å². The second-order valence-corrected chi connectivity index (χ2v) is 6.92. The largest absolute Gasteiger partial charge is 0.419 e. The highest BCUT2D eigenvalue weighted by Crippen LogP contribution is 2.42. The van der Waals surface area contributed by atoms with Gasteiger partial charge < -0.3 is 9.64 Å². The van der Waals surface area contributed by atoms with E-state index in [1.165, 1.54) is 4.90 Å². The molecule has 1 heterocycles. The number of carbonyl (C=O) groups excluding carboxylic acids is 1. The lowest BCUT2D eigenvalue weighted by Gasteiger charge is -2.41. The van der Waals surface area contributed by atoms with E-state index in [9.17, 15) is 22.4 Å². The van der Waals surface area contributed by atoms with Gasteiger partial charge in [-0.25, -0.2) is 4.39 Å². The molecule has 0 aromatic heterocycles. The van der Waals surface area contributed by atoms with Gasteiger partial charge in [0.2, 0.25) is 0 Å². The second-order valence-electron chi connectivity index (χ2n) is 6.92. The SMILES string of the molecule is O=C(c1ccc(F)c(C(F)(F)F)c1)N1CCOC2(CCc3ccccc32)C1. The van der Waals surface area contributed by atoms with Gasteiger partial charge in [0.25, 0.3) is 5.91 Å². The molecule has 0 radical (unpaired) electrons. The number of halogens is 4. The first-order valence-corrected chi connectivity index (χ1v) is 8.68. The van der Waals surface area contributed by atoms with Crippen LogP contribution in [0.2, 0.25) is 0 Å². The maximum Gasteiger partial charge on any atom is 0.419 e. The molecule has 4 rings (SSSR count). The van der Waals surface area contributed by atoms with Crippen LogP contribution in [0.15, 0.2) is 42.5 Å². The Hall–Kier alpha value is -2.41. The van der Waals surface area contributed by atoms with E-state index in [2.05, 4.69) is 0 Å². The number of ether oxygens (including phenoxy) is 1. The molecule has 0 N–H and O–H groups in total. The van der Waals surface area contributed by atoms with E-state index in [4.69, 9.17) is 4.74 Å². The minimum Gasteiger partial charge on any atom is -0.367 e. The number of aryl methyl sites for hydroxylation is 1. The fraction of sp³-hybridized carbons (Fsp3) is 0.350. The van der Waals surface area contributed by atoms with Crippen molar-refractivity contribution in [1.82, 2.24) is 4.90 Å². The third-order valence-corrected chi connectivity index (χ3v) is 5.30. The Labute approximate surface area is 153 Å². The van der Waals surface area contributed by atoms with Gasteiger partial charge in [0.15, 0.2) is 0 Å². The average molecular weight is 379 g/mol. The molecule has 1 aliphatic carbocycles. The van der Waals surface area contributed by atoms with Crippen LogP contribution in [0.4, 0.5) is 17.6 Å². The van der Waals surface area contributed by atoms with Crippen LogP contribution in [0.25, 0.3) is 0 Å². The van der Waals surface area contributed by atoms with Crippen molar-refractivity contribution in [2.75, 3.05) is 19.7 Å². The first-order chi connectivity index (χ1) is 12.8. The predicted molar refractivity (Wildman–Crippen MR) is 89.7 cm³/mol. The zero-order valence-electron chi connectivity index (χ0n) is 14.4. The highest BCUT2D eigenvalue weighted by Gasteiger charge is 2.44. The lowest BCUT2D eigenvalue weighted by molar-refractivity contribution is -0.140. The molecule has 7 heteroatoms. The van der Waals surface area contributed by atoms with Gasteiger partial charge in [-0.3, -0.25) is 4.79 Å². The number of alkyl halides is 3. The third kappa shape index (κ3) is 3.10. The summed E-state index contributed by atoms with van der Waals surface area (Å²) >= 11 is 0. The molecule has 3 nitrogen and oxygen atoms in total. The number of hydrogen-bond acceptors (Lipinski definition) is 2. The molecule has 1 spiro atoms. The lowest BCUT2D eigenvalue weighted by atomic mass is 9.93. The smallest absolute Gasteiger partial charge is 0.367 e. The van der Waals surface area contributed by atoms with Gasteiger partial charge >= 0.3 is 6.18 Å². The number of amides is 1. The predicted octanol–water partition coefficient (Wildman–Crippen LogP) is 4.16. The van der Waals surface area contributed by atoms with E-state index < -0.39 is 29.1 Å². The van der Waals surface area contributed by atoms with E-state index in [0.29, 0.717) is 25.2 Å². The number of nitrogens with zero attached hydrogens (tertiary/aromatic N) is 1. The molecular formula is C20H17F4NO2. The molecular weight excluding hydrogens is 362 g/mol. The molecule has 2 aromatic rings. The van der Waals surface area contributed by atoms with E-state index >= 15 is 0 Å². The highest BCUT2D eigenvalue weighted by molar-refractivity contribution is 5.94. The monoisotopic (exact) mass is 379 g/mol. The van der Waals surface area contributed by atoms with Crippen LogP contribution in [-0.4, -0.2) is 30.5 Å². The highest BCUT2D eigenvalue weighted by atomic mass is 19.4. The summed E-state index contributed by atoms with van der Waals surface area (Å²) in [6, 6.07) is 10.2. The number of morpholine rings is 1. The topological polar surface area (TPSA) is 29.5 Å². The molecule has 2 aliphatic rings. The second kappa shape index (κ2) is 6.34. The summed E-state index contributed by atoms with van der Waals surface area (Å²) in [6.45, 7) is 0.844. The fourth-order valence-corrected chi connectivity index (χ4v) is 3.98. The average Bonchev–Trinajstić information content (AvgIpc) is 2.99. The van der Waals surface area contributed by atoms with Crippen molar-refractivity contribution >= 4 is 5.91 Å². The molecule has 142 valence electrons. The van der Waals surface area contributed by atoms with E-state index in [1.54, 1.807) is 0 Å². The van der Waals surface area contributed by atoms with Crippen LogP contribution >= 0.6 is 0 Å². The summed E-state index contributed by atoms with van der Waals surface area (Å²) in [4.78, 5) is 14.3. The van der Waals surface area contributed by atoms with Gasteiger partial charge in [-0.1, -0.05) is 24.3 Å². The first-order valence-electron chi connectivity index (χ1n) is 8.68. The Bertz CT molecular complexity index is 892. The van der Waals surface area contributed by atoms with E-state index in [0.717, 1.165) is 23.6 Å². The van der Waals surface area contributed by atoms with Gasteiger partial charge in [0.05, 0.1) is 18.7 Å². The van der Waals surface area contributed by atoms with Crippen LogP contribution in [0.3, 0.4) is 0 Å². The Morgan fingerprint density at radius 2 is 1.93 bits per heavy atom. The molecule has 1 saturated heterocycles. The Kier molecular flexibility index (Phi) is 4.22. The van der Waals surface area contributed by atoms with Crippen LogP contribution in [0, 0.1) is 5.82 Å². The third-order valence-electron chi connectivity index (χ3n) is 5.30.